The van der Waals surface area contributed by atoms with E-state index in [0.29, 0.717) is 11.1 Å². The van der Waals surface area contributed by atoms with Crippen molar-refractivity contribution in [2.75, 3.05) is 0 Å². The topological polar surface area (TPSA) is 76.3 Å². The summed E-state index contributed by atoms with van der Waals surface area (Å²) < 4.78 is 0. The van der Waals surface area contributed by atoms with E-state index in [9.17, 15) is 15.2 Å². The summed E-state index contributed by atoms with van der Waals surface area (Å²) in [4.78, 5) is 14.4. The first kappa shape index (κ1) is 11.1. The summed E-state index contributed by atoms with van der Waals surface area (Å²) in [5.41, 5.74) is 1.54. The van der Waals surface area contributed by atoms with Gasteiger partial charge in [-0.3, -0.25) is 15.1 Å². The first-order valence-electron chi connectivity index (χ1n) is 4.99. The average Bonchev–Trinajstić information content (AvgIpc) is 2.28. The number of hydrogen-bond acceptors (Lipinski definition) is 4. The highest BCUT2D eigenvalue weighted by atomic mass is 16.6. The molecular formula is C12H10N2O3. The molecule has 17 heavy (non-hydrogen) atoms. The Morgan fingerprint density at radius 2 is 2.12 bits per heavy atom. The lowest BCUT2D eigenvalue weighted by Crippen LogP contribution is -1.93. The molecule has 0 spiro atoms. The van der Waals surface area contributed by atoms with Crippen LogP contribution in [0.4, 0.5) is 5.69 Å². The number of aromatic hydroxyl groups is 1. The van der Waals surface area contributed by atoms with E-state index in [2.05, 4.69) is 4.98 Å². The van der Waals surface area contributed by atoms with Crippen molar-refractivity contribution in [3.8, 4) is 16.9 Å². The van der Waals surface area contributed by atoms with Crippen molar-refractivity contribution in [1.82, 2.24) is 4.98 Å². The van der Waals surface area contributed by atoms with Gasteiger partial charge in [0.1, 0.15) is 0 Å². The maximum absolute atomic E-state index is 10.9. The molecule has 0 atom stereocenters. The quantitative estimate of drug-likeness (QED) is 0.635. The lowest BCUT2D eigenvalue weighted by molar-refractivity contribution is -0.385. The van der Waals surface area contributed by atoms with Crippen LogP contribution in [0.3, 0.4) is 0 Å². The standard InChI is InChI=1S/C12H10N2O3/c1-8-7-9(5-6-13-8)10-3-2-4-11(15)12(10)14(16)17/h2-7,15H,1H3. The van der Waals surface area contributed by atoms with Gasteiger partial charge in [-0.2, -0.15) is 0 Å². The first-order chi connectivity index (χ1) is 8.09. The normalized spacial score (nSPS) is 10.2. The summed E-state index contributed by atoms with van der Waals surface area (Å²) in [6.45, 7) is 1.80. The summed E-state index contributed by atoms with van der Waals surface area (Å²) in [5, 5.41) is 20.5. The molecule has 0 aliphatic heterocycles. The van der Waals surface area contributed by atoms with Gasteiger partial charge in [0.2, 0.25) is 0 Å². The molecule has 1 aromatic heterocycles. The van der Waals surface area contributed by atoms with Crippen LogP contribution in [-0.4, -0.2) is 15.0 Å². The van der Waals surface area contributed by atoms with Crippen LogP contribution < -0.4 is 0 Å². The van der Waals surface area contributed by atoms with E-state index in [-0.39, 0.29) is 11.4 Å². The second kappa shape index (κ2) is 4.21. The highest BCUT2D eigenvalue weighted by Crippen LogP contribution is 2.36. The second-order valence-corrected chi connectivity index (χ2v) is 3.62. The van der Waals surface area contributed by atoms with Crippen LogP contribution in [0.25, 0.3) is 11.1 Å². The Balaban J connectivity index is 2.67. The number of nitro benzene ring substituents is 1. The van der Waals surface area contributed by atoms with E-state index < -0.39 is 4.92 Å². The predicted molar refractivity (Wildman–Crippen MR) is 62.7 cm³/mol. The molecule has 0 saturated carbocycles. The summed E-state index contributed by atoms with van der Waals surface area (Å²) in [6, 6.07) is 7.90. The van der Waals surface area contributed by atoms with Gasteiger partial charge < -0.3 is 5.11 Å². The SMILES string of the molecule is Cc1cc(-c2cccc(O)c2[N+](=O)[O-])ccn1. The molecule has 0 saturated heterocycles. The third kappa shape index (κ3) is 2.08. The Labute approximate surface area is 97.5 Å². The van der Waals surface area contributed by atoms with Gasteiger partial charge in [0, 0.05) is 11.9 Å². The van der Waals surface area contributed by atoms with Crippen molar-refractivity contribution in [3.05, 3.63) is 52.3 Å². The molecule has 0 radical (unpaired) electrons. The van der Waals surface area contributed by atoms with Crippen LogP contribution in [0.15, 0.2) is 36.5 Å². The van der Waals surface area contributed by atoms with Gasteiger partial charge in [-0.1, -0.05) is 6.07 Å². The van der Waals surface area contributed by atoms with Gasteiger partial charge in [0.05, 0.1) is 10.5 Å². The van der Waals surface area contributed by atoms with Crippen LogP contribution in [0.2, 0.25) is 0 Å². The van der Waals surface area contributed by atoms with E-state index in [1.54, 1.807) is 37.4 Å². The molecule has 2 aromatic rings. The number of rotatable bonds is 2. The minimum atomic E-state index is -0.583. The molecule has 2 rings (SSSR count). The Morgan fingerprint density at radius 3 is 2.76 bits per heavy atom. The van der Waals surface area contributed by atoms with Crippen molar-refractivity contribution in [2.45, 2.75) is 6.92 Å². The lowest BCUT2D eigenvalue weighted by atomic mass is 10.0. The molecule has 0 unspecified atom stereocenters. The van der Waals surface area contributed by atoms with Gasteiger partial charge in [0.15, 0.2) is 5.75 Å². The summed E-state index contributed by atoms with van der Waals surface area (Å²) in [6.07, 6.45) is 1.58. The largest absolute Gasteiger partial charge is 0.502 e. The van der Waals surface area contributed by atoms with E-state index >= 15 is 0 Å². The zero-order chi connectivity index (χ0) is 12.4. The lowest BCUT2D eigenvalue weighted by Gasteiger charge is -2.04. The number of aryl methyl sites for hydroxylation is 1. The number of nitrogens with zero attached hydrogens (tertiary/aromatic N) is 2. The molecule has 0 bridgehead atoms. The monoisotopic (exact) mass is 230 g/mol. The van der Waals surface area contributed by atoms with Crippen molar-refractivity contribution >= 4 is 5.69 Å². The van der Waals surface area contributed by atoms with E-state index in [1.165, 1.54) is 6.07 Å². The minimum absolute atomic E-state index is 0.280. The van der Waals surface area contributed by atoms with Crippen LogP contribution in [-0.2, 0) is 0 Å². The highest BCUT2D eigenvalue weighted by molar-refractivity contribution is 5.77. The molecule has 0 fully saturated rings. The molecule has 1 heterocycles. The summed E-state index contributed by atoms with van der Waals surface area (Å²) in [5.74, 6) is -0.332. The Hall–Kier alpha value is -2.43. The van der Waals surface area contributed by atoms with Crippen LogP contribution in [0, 0.1) is 17.0 Å². The fraction of sp³-hybridized carbons (Fsp3) is 0.0833. The Kier molecular flexibility index (Phi) is 2.74. The van der Waals surface area contributed by atoms with Crippen molar-refractivity contribution in [1.29, 1.82) is 0 Å². The molecule has 0 amide bonds. The number of phenols is 1. The number of para-hydroxylation sites is 1. The summed E-state index contributed by atoms with van der Waals surface area (Å²) >= 11 is 0. The number of phenolic OH excluding ortho intramolecular Hbond substituents is 1. The predicted octanol–water partition coefficient (Wildman–Crippen LogP) is 2.67. The number of nitro groups is 1. The molecule has 0 aliphatic rings. The molecule has 86 valence electrons. The molecule has 0 aliphatic carbocycles. The number of aromatic nitrogens is 1. The highest BCUT2D eigenvalue weighted by Gasteiger charge is 2.20. The number of benzene rings is 1. The van der Waals surface area contributed by atoms with E-state index in [0.717, 1.165) is 5.69 Å². The fourth-order valence-corrected chi connectivity index (χ4v) is 1.67. The average molecular weight is 230 g/mol. The zero-order valence-corrected chi connectivity index (χ0v) is 9.12. The van der Waals surface area contributed by atoms with Gasteiger partial charge in [-0.15, -0.1) is 0 Å². The van der Waals surface area contributed by atoms with Crippen LogP contribution in [0.1, 0.15) is 5.69 Å². The number of pyridine rings is 1. The maximum atomic E-state index is 10.9. The number of hydrogen-bond donors (Lipinski definition) is 1. The minimum Gasteiger partial charge on any atom is -0.502 e. The van der Waals surface area contributed by atoms with E-state index in [1.807, 2.05) is 0 Å². The van der Waals surface area contributed by atoms with Crippen LogP contribution >= 0.6 is 0 Å². The van der Waals surface area contributed by atoms with E-state index in [4.69, 9.17) is 0 Å². The smallest absolute Gasteiger partial charge is 0.318 e. The van der Waals surface area contributed by atoms with Gasteiger partial charge in [-0.05, 0) is 36.8 Å². The van der Waals surface area contributed by atoms with Crippen LogP contribution in [0.5, 0.6) is 5.75 Å². The maximum Gasteiger partial charge on any atom is 0.318 e. The van der Waals surface area contributed by atoms with Gasteiger partial charge in [-0.25, -0.2) is 0 Å². The zero-order valence-electron chi connectivity index (χ0n) is 9.12. The molecule has 5 nitrogen and oxygen atoms in total. The third-order valence-electron chi connectivity index (χ3n) is 2.40. The fourth-order valence-electron chi connectivity index (χ4n) is 1.67. The molecular weight excluding hydrogens is 220 g/mol. The Bertz CT molecular complexity index is 582. The Morgan fingerprint density at radius 1 is 1.35 bits per heavy atom. The van der Waals surface area contributed by atoms with Gasteiger partial charge in [0.25, 0.3) is 0 Å². The molecule has 1 N–H and O–H groups in total. The third-order valence-corrected chi connectivity index (χ3v) is 2.40. The second-order valence-electron chi connectivity index (χ2n) is 3.62. The summed E-state index contributed by atoms with van der Waals surface area (Å²) in [7, 11) is 0. The van der Waals surface area contributed by atoms with Crippen molar-refractivity contribution in [2.24, 2.45) is 0 Å². The molecule has 5 heteroatoms. The molecule has 1 aromatic carbocycles. The van der Waals surface area contributed by atoms with Crippen molar-refractivity contribution in [3.63, 3.8) is 0 Å². The van der Waals surface area contributed by atoms with Crippen molar-refractivity contribution < 1.29 is 10.0 Å². The first-order valence-corrected chi connectivity index (χ1v) is 4.99. The van der Waals surface area contributed by atoms with Gasteiger partial charge >= 0.3 is 5.69 Å².